The second-order valence-corrected chi connectivity index (χ2v) is 7.21. The summed E-state index contributed by atoms with van der Waals surface area (Å²) < 4.78 is 3.21. The van der Waals surface area contributed by atoms with Crippen molar-refractivity contribution in [3.63, 3.8) is 0 Å². The quantitative estimate of drug-likeness (QED) is 0.435. The van der Waals surface area contributed by atoms with Gasteiger partial charge in [-0.05, 0) is 54.1 Å². The maximum absolute atomic E-state index is 11.1. The molecule has 0 saturated carbocycles. The minimum atomic E-state index is -0.925. The van der Waals surface area contributed by atoms with Gasteiger partial charge in [0.2, 0.25) is 0 Å². The van der Waals surface area contributed by atoms with E-state index in [2.05, 4.69) is 68.4 Å². The number of fused-ring (bicyclic) bond motifs is 1. The molecule has 0 aliphatic carbocycles. The average molecular weight is 421 g/mol. The molecule has 3 aromatic carbocycles. The fourth-order valence-electron chi connectivity index (χ4n) is 3.11. The van der Waals surface area contributed by atoms with Crippen molar-refractivity contribution < 1.29 is 9.90 Å². The van der Waals surface area contributed by atoms with Gasteiger partial charge < -0.3 is 15.0 Å². The summed E-state index contributed by atoms with van der Waals surface area (Å²) in [4.78, 5) is 11.1. The molecule has 4 aromatic rings. The van der Waals surface area contributed by atoms with Crippen LogP contribution in [0.25, 0.3) is 16.6 Å². The van der Waals surface area contributed by atoms with Crippen LogP contribution in [0, 0.1) is 0 Å². The van der Waals surface area contributed by atoms with Crippen molar-refractivity contribution in [1.82, 2.24) is 4.57 Å². The van der Waals surface area contributed by atoms with E-state index < -0.39 is 5.97 Å². The molecule has 0 bridgehead atoms. The van der Waals surface area contributed by atoms with Crippen LogP contribution < -0.4 is 5.32 Å². The number of nitrogens with one attached hydrogen (secondary N) is 1. The lowest BCUT2D eigenvalue weighted by molar-refractivity contribution is 0.0697. The molecule has 27 heavy (non-hydrogen) atoms. The zero-order valence-corrected chi connectivity index (χ0v) is 16.0. The molecule has 0 amide bonds. The van der Waals surface area contributed by atoms with Crippen LogP contribution in [0.1, 0.15) is 15.9 Å². The number of halogens is 1. The van der Waals surface area contributed by atoms with Gasteiger partial charge in [0.1, 0.15) is 0 Å². The Hall–Kier alpha value is -3.05. The third-order valence-corrected chi connectivity index (χ3v) is 4.94. The summed E-state index contributed by atoms with van der Waals surface area (Å²) in [6.45, 7) is 0.611. The van der Waals surface area contributed by atoms with Gasteiger partial charge in [-0.3, -0.25) is 0 Å². The molecule has 0 aliphatic rings. The van der Waals surface area contributed by atoms with Crippen molar-refractivity contribution in [2.24, 2.45) is 0 Å². The van der Waals surface area contributed by atoms with Crippen molar-refractivity contribution >= 4 is 38.5 Å². The predicted octanol–water partition coefficient (Wildman–Crippen LogP) is 5.70. The first kappa shape index (κ1) is 17.4. The number of rotatable bonds is 5. The zero-order valence-electron chi connectivity index (χ0n) is 14.4. The smallest absolute Gasteiger partial charge is 0.335 e. The molecule has 0 fully saturated rings. The van der Waals surface area contributed by atoms with Crippen LogP contribution in [0.3, 0.4) is 0 Å². The number of anilines is 1. The molecule has 1 aromatic heterocycles. The van der Waals surface area contributed by atoms with Gasteiger partial charge in [-0.2, -0.15) is 0 Å². The van der Waals surface area contributed by atoms with E-state index in [1.54, 1.807) is 18.2 Å². The summed E-state index contributed by atoms with van der Waals surface area (Å²) in [5.74, 6) is -0.925. The average Bonchev–Trinajstić information content (AvgIpc) is 3.10. The van der Waals surface area contributed by atoms with Crippen molar-refractivity contribution in [2.45, 2.75) is 6.54 Å². The van der Waals surface area contributed by atoms with Gasteiger partial charge in [0.05, 0.1) is 11.1 Å². The number of carboxylic acids is 1. The van der Waals surface area contributed by atoms with Crippen LogP contribution in [0.5, 0.6) is 0 Å². The molecule has 0 unspecified atom stereocenters. The first-order valence-corrected chi connectivity index (χ1v) is 9.33. The van der Waals surface area contributed by atoms with Gasteiger partial charge >= 0.3 is 5.97 Å². The topological polar surface area (TPSA) is 54.3 Å². The Morgan fingerprint density at radius 2 is 1.85 bits per heavy atom. The molecule has 2 N–H and O–H groups in total. The number of aromatic carboxylic acids is 1. The van der Waals surface area contributed by atoms with Crippen LogP contribution in [0.2, 0.25) is 0 Å². The van der Waals surface area contributed by atoms with Crippen LogP contribution in [-0.4, -0.2) is 15.6 Å². The molecule has 0 spiro atoms. The Labute approximate surface area is 165 Å². The van der Waals surface area contributed by atoms with E-state index >= 15 is 0 Å². The van der Waals surface area contributed by atoms with Crippen LogP contribution in [-0.2, 0) is 6.54 Å². The number of hydrogen-bond acceptors (Lipinski definition) is 2. The molecule has 134 valence electrons. The van der Waals surface area contributed by atoms with Crippen LogP contribution >= 0.6 is 15.9 Å². The van der Waals surface area contributed by atoms with Crippen molar-refractivity contribution in [3.05, 3.63) is 94.6 Å². The number of nitrogens with zero attached hydrogens (tertiary/aromatic N) is 1. The molecule has 5 heteroatoms. The molecule has 0 saturated heterocycles. The Morgan fingerprint density at radius 1 is 1.00 bits per heavy atom. The molecule has 0 aliphatic heterocycles. The largest absolute Gasteiger partial charge is 0.478 e. The summed E-state index contributed by atoms with van der Waals surface area (Å²) in [5.41, 5.74) is 4.41. The van der Waals surface area contributed by atoms with Gasteiger partial charge in [-0.1, -0.05) is 40.2 Å². The number of carbonyl (C=O) groups is 1. The Morgan fingerprint density at radius 3 is 2.70 bits per heavy atom. The number of aromatic nitrogens is 1. The fourth-order valence-corrected chi connectivity index (χ4v) is 3.46. The SMILES string of the molecule is O=C(O)c1cccc(NCc2cccc(-n3ccc4ccc(Br)cc43)c2)c1. The number of hydrogen-bond donors (Lipinski definition) is 2. The van der Waals surface area contributed by atoms with E-state index in [4.69, 9.17) is 5.11 Å². The molecule has 0 atom stereocenters. The monoisotopic (exact) mass is 420 g/mol. The number of carboxylic acid groups (broad SMARTS) is 1. The van der Waals surface area contributed by atoms with E-state index in [-0.39, 0.29) is 5.56 Å². The van der Waals surface area contributed by atoms with Crippen molar-refractivity contribution in [3.8, 4) is 5.69 Å². The van der Waals surface area contributed by atoms with E-state index in [1.807, 2.05) is 18.2 Å². The molecule has 4 nitrogen and oxygen atoms in total. The fraction of sp³-hybridized carbons (Fsp3) is 0.0455. The Balaban J connectivity index is 1.58. The van der Waals surface area contributed by atoms with E-state index in [0.29, 0.717) is 6.54 Å². The third-order valence-electron chi connectivity index (χ3n) is 4.45. The van der Waals surface area contributed by atoms with Gasteiger partial charge in [0.25, 0.3) is 0 Å². The highest BCUT2D eigenvalue weighted by Gasteiger charge is 2.06. The second-order valence-electron chi connectivity index (χ2n) is 6.30. The lowest BCUT2D eigenvalue weighted by Gasteiger charge is -2.11. The van der Waals surface area contributed by atoms with E-state index in [9.17, 15) is 4.79 Å². The van der Waals surface area contributed by atoms with Crippen LogP contribution in [0.15, 0.2) is 83.5 Å². The highest BCUT2D eigenvalue weighted by atomic mass is 79.9. The van der Waals surface area contributed by atoms with Crippen molar-refractivity contribution in [2.75, 3.05) is 5.32 Å². The summed E-state index contributed by atoms with van der Waals surface area (Å²) >= 11 is 3.54. The Kier molecular flexibility index (Phi) is 4.69. The first-order valence-electron chi connectivity index (χ1n) is 8.53. The van der Waals surface area contributed by atoms with Gasteiger partial charge in [0.15, 0.2) is 0 Å². The molecular formula is C22H17BrN2O2. The molecule has 1 heterocycles. The van der Waals surface area contributed by atoms with E-state index in [1.165, 1.54) is 5.39 Å². The summed E-state index contributed by atoms with van der Waals surface area (Å²) in [7, 11) is 0. The first-order chi connectivity index (χ1) is 13.1. The van der Waals surface area contributed by atoms with Gasteiger partial charge in [-0.25, -0.2) is 4.79 Å². The maximum Gasteiger partial charge on any atom is 0.335 e. The molecule has 0 radical (unpaired) electrons. The molecule has 4 rings (SSSR count). The summed E-state index contributed by atoms with van der Waals surface area (Å²) in [5, 5.41) is 13.6. The third kappa shape index (κ3) is 3.73. The van der Waals surface area contributed by atoms with Crippen molar-refractivity contribution in [1.29, 1.82) is 0 Å². The molecular weight excluding hydrogens is 404 g/mol. The lowest BCUT2D eigenvalue weighted by atomic mass is 10.1. The maximum atomic E-state index is 11.1. The lowest BCUT2D eigenvalue weighted by Crippen LogP contribution is -2.02. The minimum Gasteiger partial charge on any atom is -0.478 e. The van der Waals surface area contributed by atoms with Gasteiger partial charge in [-0.15, -0.1) is 0 Å². The normalized spacial score (nSPS) is 10.9. The highest BCUT2D eigenvalue weighted by Crippen LogP contribution is 2.24. The van der Waals surface area contributed by atoms with Gasteiger partial charge in [0, 0.05) is 34.0 Å². The standard InChI is InChI=1S/C22H17BrN2O2/c23-18-8-7-16-9-10-25(21(16)13-18)20-6-1-3-15(11-20)14-24-19-5-2-4-17(12-19)22(26)27/h1-13,24H,14H2,(H,26,27). The highest BCUT2D eigenvalue weighted by molar-refractivity contribution is 9.10. The van der Waals surface area contributed by atoms with Crippen LogP contribution in [0.4, 0.5) is 5.69 Å². The predicted molar refractivity (Wildman–Crippen MR) is 112 cm³/mol. The zero-order chi connectivity index (χ0) is 18.8. The van der Waals surface area contributed by atoms with E-state index in [0.717, 1.165) is 26.9 Å². The summed E-state index contributed by atoms with van der Waals surface area (Å²) in [6, 6.07) is 23.5. The Bertz CT molecular complexity index is 1130. The second kappa shape index (κ2) is 7.29. The number of benzene rings is 3. The summed E-state index contributed by atoms with van der Waals surface area (Å²) in [6.07, 6.45) is 2.07. The minimum absolute atomic E-state index is 0.276.